The Labute approximate surface area is 118 Å². The van der Waals surface area contributed by atoms with Gasteiger partial charge in [0.15, 0.2) is 0 Å². The number of halogens is 1. The third-order valence-electron chi connectivity index (χ3n) is 3.90. The maximum Gasteiger partial charge on any atom is 0.291 e. The van der Waals surface area contributed by atoms with Crippen molar-refractivity contribution in [1.29, 1.82) is 0 Å². The van der Waals surface area contributed by atoms with Crippen molar-refractivity contribution in [1.82, 2.24) is 9.78 Å². The summed E-state index contributed by atoms with van der Waals surface area (Å²) in [5, 5.41) is 7.84. The first-order chi connectivity index (χ1) is 9.13. The van der Waals surface area contributed by atoms with Gasteiger partial charge in [-0.1, -0.05) is 24.4 Å². The van der Waals surface area contributed by atoms with E-state index in [0.717, 1.165) is 18.9 Å². The van der Waals surface area contributed by atoms with Gasteiger partial charge in [0.05, 0.1) is 11.2 Å². The minimum Gasteiger partial charge on any atom is -0.377 e. The molecule has 104 valence electrons. The zero-order valence-corrected chi connectivity index (χ0v) is 12.0. The number of hydrogen-bond donors (Lipinski definition) is 1. The van der Waals surface area contributed by atoms with E-state index in [1.54, 1.807) is 10.9 Å². The molecule has 2 fully saturated rings. The van der Waals surface area contributed by atoms with Crippen LogP contribution in [0.5, 0.6) is 0 Å². The molecule has 19 heavy (non-hydrogen) atoms. The highest BCUT2D eigenvalue weighted by atomic mass is 35.5. The van der Waals surface area contributed by atoms with Crippen molar-refractivity contribution < 1.29 is 0 Å². The first kappa shape index (κ1) is 13.0. The van der Waals surface area contributed by atoms with Gasteiger partial charge in [0.1, 0.15) is 5.69 Å². The fourth-order valence-corrected chi connectivity index (χ4v) is 2.61. The highest BCUT2D eigenvalue weighted by Crippen LogP contribution is 2.34. The average molecular weight is 282 g/mol. The van der Waals surface area contributed by atoms with E-state index in [2.05, 4.69) is 17.3 Å². The number of hydrogen-bond acceptors (Lipinski definition) is 3. The number of aromatic nitrogens is 2. The van der Waals surface area contributed by atoms with Gasteiger partial charge in [-0.25, -0.2) is 4.68 Å². The molecule has 0 amide bonds. The van der Waals surface area contributed by atoms with Gasteiger partial charge in [0, 0.05) is 12.6 Å². The summed E-state index contributed by atoms with van der Waals surface area (Å²) in [6.45, 7) is 2.83. The van der Waals surface area contributed by atoms with E-state index in [-0.39, 0.29) is 11.6 Å². The molecule has 1 N–H and O–H groups in total. The number of nitrogens with one attached hydrogen (secondary N) is 1. The summed E-state index contributed by atoms with van der Waals surface area (Å²) in [6.07, 6.45) is 7.75. The molecule has 1 aromatic rings. The van der Waals surface area contributed by atoms with Crippen molar-refractivity contribution in [3.05, 3.63) is 21.6 Å². The van der Waals surface area contributed by atoms with Crippen molar-refractivity contribution in [2.75, 3.05) is 5.32 Å². The molecule has 0 bridgehead atoms. The molecule has 0 aliphatic heterocycles. The molecule has 0 aromatic carbocycles. The molecule has 2 saturated carbocycles. The molecular formula is C14H20ClN3O. The standard InChI is InChI=1S/C14H20ClN3O/c1-9(6-10-2-3-10)17-13-12(15)7-16-18(14(13)19)8-11-4-5-11/h7,9-11,17H,2-6,8H2,1H3. The van der Waals surface area contributed by atoms with Gasteiger partial charge < -0.3 is 5.32 Å². The highest BCUT2D eigenvalue weighted by molar-refractivity contribution is 6.33. The summed E-state index contributed by atoms with van der Waals surface area (Å²) in [7, 11) is 0. The topological polar surface area (TPSA) is 46.9 Å². The molecule has 1 heterocycles. The van der Waals surface area contributed by atoms with E-state index in [4.69, 9.17) is 11.6 Å². The Balaban J connectivity index is 1.75. The third-order valence-corrected chi connectivity index (χ3v) is 4.19. The quantitative estimate of drug-likeness (QED) is 0.872. The average Bonchev–Trinajstić information content (AvgIpc) is 3.23. The summed E-state index contributed by atoms with van der Waals surface area (Å²) >= 11 is 6.11. The second-order valence-corrected chi connectivity index (χ2v) is 6.43. The Hall–Kier alpha value is -1.03. The van der Waals surface area contributed by atoms with Gasteiger partial charge in [-0.3, -0.25) is 4.79 Å². The summed E-state index contributed by atoms with van der Waals surface area (Å²) in [5.74, 6) is 1.46. The second-order valence-electron chi connectivity index (χ2n) is 6.02. The van der Waals surface area contributed by atoms with E-state index in [1.807, 2.05) is 0 Å². The van der Waals surface area contributed by atoms with Gasteiger partial charge in [0.25, 0.3) is 5.56 Å². The Morgan fingerprint density at radius 3 is 2.74 bits per heavy atom. The van der Waals surface area contributed by atoms with Gasteiger partial charge in [0.2, 0.25) is 0 Å². The summed E-state index contributed by atoms with van der Waals surface area (Å²) in [6, 6.07) is 0.287. The van der Waals surface area contributed by atoms with Gasteiger partial charge in [-0.05, 0) is 38.0 Å². The van der Waals surface area contributed by atoms with Gasteiger partial charge >= 0.3 is 0 Å². The Kier molecular flexibility index (Phi) is 3.52. The molecule has 0 radical (unpaired) electrons. The molecule has 1 aromatic heterocycles. The largest absolute Gasteiger partial charge is 0.377 e. The first-order valence-electron chi connectivity index (χ1n) is 7.15. The van der Waals surface area contributed by atoms with Gasteiger partial charge in [-0.15, -0.1) is 0 Å². The van der Waals surface area contributed by atoms with Crippen LogP contribution in [0.2, 0.25) is 5.02 Å². The Bertz CT molecular complexity index is 520. The SMILES string of the molecule is CC(CC1CC1)Nc1c(Cl)cnn(CC2CC2)c1=O. The molecule has 1 atom stereocenters. The normalized spacial score (nSPS) is 20.3. The van der Waals surface area contributed by atoms with E-state index in [0.29, 0.717) is 16.6 Å². The molecule has 2 aliphatic carbocycles. The minimum atomic E-state index is -0.0814. The lowest BCUT2D eigenvalue weighted by Gasteiger charge is -2.16. The van der Waals surface area contributed by atoms with Crippen LogP contribution in [0.1, 0.15) is 39.0 Å². The smallest absolute Gasteiger partial charge is 0.291 e. The van der Waals surface area contributed by atoms with Crippen LogP contribution in [-0.4, -0.2) is 15.8 Å². The maximum atomic E-state index is 12.3. The first-order valence-corrected chi connectivity index (χ1v) is 7.53. The summed E-state index contributed by atoms with van der Waals surface area (Å²) in [5.41, 5.74) is 0.438. The van der Waals surface area contributed by atoms with E-state index in [1.165, 1.54) is 25.7 Å². The van der Waals surface area contributed by atoms with Crippen molar-refractivity contribution in [3.63, 3.8) is 0 Å². The predicted molar refractivity (Wildman–Crippen MR) is 76.7 cm³/mol. The number of rotatable bonds is 6. The predicted octanol–water partition coefficient (Wildman–Crippen LogP) is 2.91. The van der Waals surface area contributed by atoms with Crippen LogP contribution in [0.25, 0.3) is 0 Å². The van der Waals surface area contributed by atoms with Crippen LogP contribution in [0.4, 0.5) is 5.69 Å². The molecule has 0 spiro atoms. The fraction of sp³-hybridized carbons (Fsp3) is 0.714. The van der Waals surface area contributed by atoms with E-state index >= 15 is 0 Å². The minimum absolute atomic E-state index is 0.0814. The monoisotopic (exact) mass is 281 g/mol. The number of anilines is 1. The lowest BCUT2D eigenvalue weighted by Crippen LogP contribution is -2.29. The van der Waals surface area contributed by atoms with Crippen LogP contribution >= 0.6 is 11.6 Å². The van der Waals surface area contributed by atoms with Crippen LogP contribution in [0.3, 0.4) is 0 Å². The Morgan fingerprint density at radius 1 is 1.42 bits per heavy atom. The van der Waals surface area contributed by atoms with Crippen molar-refractivity contribution in [2.24, 2.45) is 11.8 Å². The Morgan fingerprint density at radius 2 is 2.11 bits per heavy atom. The molecule has 0 saturated heterocycles. The van der Waals surface area contributed by atoms with Gasteiger partial charge in [-0.2, -0.15) is 5.10 Å². The zero-order chi connectivity index (χ0) is 13.4. The lowest BCUT2D eigenvalue weighted by molar-refractivity contribution is 0.533. The van der Waals surface area contributed by atoms with Crippen LogP contribution in [-0.2, 0) is 6.54 Å². The molecule has 3 rings (SSSR count). The maximum absolute atomic E-state index is 12.3. The van der Waals surface area contributed by atoms with Crippen LogP contribution < -0.4 is 10.9 Å². The third kappa shape index (κ3) is 3.30. The number of nitrogens with zero attached hydrogens (tertiary/aromatic N) is 2. The van der Waals surface area contributed by atoms with E-state index < -0.39 is 0 Å². The molecule has 4 nitrogen and oxygen atoms in total. The van der Waals surface area contributed by atoms with Crippen LogP contribution in [0, 0.1) is 11.8 Å². The van der Waals surface area contributed by atoms with E-state index in [9.17, 15) is 4.79 Å². The molecule has 1 unspecified atom stereocenters. The lowest BCUT2D eigenvalue weighted by atomic mass is 10.1. The molecular weight excluding hydrogens is 262 g/mol. The second kappa shape index (κ2) is 5.16. The van der Waals surface area contributed by atoms with Crippen molar-refractivity contribution in [3.8, 4) is 0 Å². The fourth-order valence-electron chi connectivity index (χ4n) is 2.43. The summed E-state index contributed by atoms with van der Waals surface area (Å²) in [4.78, 5) is 12.3. The van der Waals surface area contributed by atoms with Crippen molar-refractivity contribution in [2.45, 2.75) is 51.6 Å². The molecule has 2 aliphatic rings. The summed E-state index contributed by atoms with van der Waals surface area (Å²) < 4.78 is 1.55. The molecule has 5 heteroatoms. The van der Waals surface area contributed by atoms with Crippen molar-refractivity contribution >= 4 is 17.3 Å². The zero-order valence-electron chi connectivity index (χ0n) is 11.2. The van der Waals surface area contributed by atoms with Crippen LogP contribution in [0.15, 0.2) is 11.0 Å². The highest BCUT2D eigenvalue weighted by Gasteiger charge is 2.26.